The number of amides is 1. The number of hydrogen-bond donors (Lipinski definition) is 0. The molecule has 1 fully saturated rings. The van der Waals surface area contributed by atoms with Crippen molar-refractivity contribution in [1.29, 1.82) is 0 Å². The van der Waals surface area contributed by atoms with Crippen LogP contribution in [0.25, 0.3) is 0 Å². The fourth-order valence-electron chi connectivity index (χ4n) is 5.17. The zero-order valence-corrected chi connectivity index (χ0v) is 20.4. The van der Waals surface area contributed by atoms with E-state index in [0.29, 0.717) is 29.3 Å². The van der Waals surface area contributed by atoms with Gasteiger partial charge in [-0.25, -0.2) is 0 Å². The third-order valence-corrected chi connectivity index (χ3v) is 7.27. The summed E-state index contributed by atoms with van der Waals surface area (Å²) in [6.07, 6.45) is 4.68. The number of aldehydes is 1. The average molecular weight is 472 g/mol. The molecular formula is C27H31Cl2NO2. The second-order valence-corrected chi connectivity index (χ2v) is 9.97. The standard InChI is InChI=1S/C27H31Cl2NO2/c1-5-14-27(4)16-23(20-8-7-9-22(29)15-20)25(19-10-12-21(28)13-11-19)30(26(27)32)24(6-2)18(3)17-31/h5,7-13,15,17-18,23-25H,1,6,14,16H2,2-4H3/t18?,23-,24?,25-,27+/m1/s1. The molecule has 3 rings (SSSR count). The van der Waals surface area contributed by atoms with Crippen molar-refractivity contribution in [3.05, 3.63) is 82.4 Å². The third-order valence-electron chi connectivity index (χ3n) is 6.78. The van der Waals surface area contributed by atoms with Gasteiger partial charge in [-0.3, -0.25) is 4.79 Å². The van der Waals surface area contributed by atoms with Crippen molar-refractivity contribution >= 4 is 35.4 Å². The molecule has 1 amide bonds. The van der Waals surface area contributed by atoms with Gasteiger partial charge in [0.05, 0.1) is 11.5 Å². The van der Waals surface area contributed by atoms with E-state index >= 15 is 0 Å². The third kappa shape index (κ3) is 4.79. The monoisotopic (exact) mass is 471 g/mol. The lowest BCUT2D eigenvalue weighted by atomic mass is 9.66. The highest BCUT2D eigenvalue weighted by atomic mass is 35.5. The highest BCUT2D eigenvalue weighted by Crippen LogP contribution is 2.52. The van der Waals surface area contributed by atoms with Gasteiger partial charge in [0.2, 0.25) is 5.91 Å². The number of halogens is 2. The number of piperidine rings is 1. The van der Waals surface area contributed by atoms with Gasteiger partial charge in [0.1, 0.15) is 6.29 Å². The summed E-state index contributed by atoms with van der Waals surface area (Å²) >= 11 is 12.6. The van der Waals surface area contributed by atoms with Gasteiger partial charge < -0.3 is 9.69 Å². The predicted molar refractivity (Wildman–Crippen MR) is 132 cm³/mol. The maximum Gasteiger partial charge on any atom is 0.229 e. The Bertz CT molecular complexity index is 974. The molecule has 5 heteroatoms. The van der Waals surface area contributed by atoms with Crippen LogP contribution in [-0.4, -0.2) is 23.1 Å². The molecule has 0 spiro atoms. The summed E-state index contributed by atoms with van der Waals surface area (Å²) in [6.45, 7) is 9.85. The Balaban J connectivity index is 2.26. The van der Waals surface area contributed by atoms with E-state index in [1.165, 1.54) is 0 Å². The zero-order chi connectivity index (χ0) is 23.5. The van der Waals surface area contributed by atoms with Crippen LogP contribution >= 0.6 is 23.2 Å². The van der Waals surface area contributed by atoms with Gasteiger partial charge in [-0.2, -0.15) is 0 Å². The van der Waals surface area contributed by atoms with E-state index in [-0.39, 0.29) is 29.8 Å². The van der Waals surface area contributed by atoms with Crippen molar-refractivity contribution in [2.45, 2.75) is 58.0 Å². The van der Waals surface area contributed by atoms with Gasteiger partial charge in [-0.15, -0.1) is 6.58 Å². The van der Waals surface area contributed by atoms with E-state index in [1.54, 1.807) is 0 Å². The first-order chi connectivity index (χ1) is 15.3. The summed E-state index contributed by atoms with van der Waals surface area (Å²) in [5.74, 6) is -0.216. The smallest absolute Gasteiger partial charge is 0.229 e. The van der Waals surface area contributed by atoms with E-state index in [2.05, 4.69) is 12.6 Å². The number of carbonyl (C=O) groups is 2. The lowest BCUT2D eigenvalue weighted by molar-refractivity contribution is -0.156. The second kappa shape index (κ2) is 10.2. The van der Waals surface area contributed by atoms with Crippen LogP contribution in [0.5, 0.6) is 0 Å². The Labute approximate surface area is 201 Å². The van der Waals surface area contributed by atoms with Crippen LogP contribution in [0.1, 0.15) is 63.1 Å². The van der Waals surface area contributed by atoms with Gasteiger partial charge in [0.15, 0.2) is 0 Å². The minimum Gasteiger partial charge on any atom is -0.331 e. The van der Waals surface area contributed by atoms with Gasteiger partial charge in [0, 0.05) is 27.9 Å². The molecule has 0 aromatic heterocycles. The lowest BCUT2D eigenvalue weighted by Gasteiger charge is -2.52. The number of rotatable bonds is 8. The van der Waals surface area contributed by atoms with Crippen LogP contribution < -0.4 is 0 Å². The topological polar surface area (TPSA) is 37.4 Å². The molecule has 0 saturated carbocycles. The fourth-order valence-corrected chi connectivity index (χ4v) is 5.49. The fraction of sp³-hybridized carbons (Fsp3) is 0.407. The number of benzene rings is 2. The van der Waals surface area contributed by atoms with Crippen LogP contribution in [-0.2, 0) is 9.59 Å². The van der Waals surface area contributed by atoms with Gasteiger partial charge >= 0.3 is 0 Å². The van der Waals surface area contributed by atoms with E-state index < -0.39 is 5.41 Å². The molecular weight excluding hydrogens is 441 g/mol. The van der Waals surface area contributed by atoms with Crippen LogP contribution in [0.2, 0.25) is 10.0 Å². The summed E-state index contributed by atoms with van der Waals surface area (Å²) in [5, 5.41) is 1.31. The molecule has 170 valence electrons. The van der Waals surface area contributed by atoms with Crippen LogP contribution in [0.4, 0.5) is 0 Å². The Kier molecular flexibility index (Phi) is 7.84. The molecule has 2 unspecified atom stereocenters. The van der Waals surface area contributed by atoms with Gasteiger partial charge in [-0.1, -0.05) is 74.3 Å². The van der Waals surface area contributed by atoms with Crippen LogP contribution in [0.3, 0.4) is 0 Å². The number of likely N-dealkylation sites (tertiary alicyclic amines) is 1. The summed E-state index contributed by atoms with van der Waals surface area (Å²) in [7, 11) is 0. The molecule has 0 aliphatic carbocycles. The maximum atomic E-state index is 14.1. The van der Waals surface area contributed by atoms with E-state index in [4.69, 9.17) is 23.2 Å². The largest absolute Gasteiger partial charge is 0.331 e. The number of nitrogens with zero attached hydrogens (tertiary/aromatic N) is 1. The van der Waals surface area contributed by atoms with Crippen molar-refractivity contribution in [3.8, 4) is 0 Å². The SMILES string of the molecule is C=CC[C@@]1(C)C[C@H](c2cccc(Cl)c2)[C@@H](c2ccc(Cl)cc2)N(C(CC)C(C)C=O)C1=O. The lowest BCUT2D eigenvalue weighted by Crippen LogP contribution is -2.57. The van der Waals surface area contributed by atoms with E-state index in [0.717, 1.165) is 17.4 Å². The van der Waals surface area contributed by atoms with Crippen molar-refractivity contribution in [3.63, 3.8) is 0 Å². The molecule has 1 aliphatic heterocycles. The zero-order valence-electron chi connectivity index (χ0n) is 18.9. The van der Waals surface area contributed by atoms with Crippen LogP contribution in [0.15, 0.2) is 61.2 Å². The molecule has 1 aliphatic rings. The normalized spacial score (nSPS) is 25.3. The number of hydrogen-bond acceptors (Lipinski definition) is 2. The second-order valence-electron chi connectivity index (χ2n) is 9.10. The molecule has 1 saturated heterocycles. The van der Waals surface area contributed by atoms with E-state index in [9.17, 15) is 9.59 Å². The summed E-state index contributed by atoms with van der Waals surface area (Å²) in [4.78, 5) is 27.9. The van der Waals surface area contributed by atoms with Crippen molar-refractivity contribution < 1.29 is 9.59 Å². The van der Waals surface area contributed by atoms with Crippen molar-refractivity contribution in [2.24, 2.45) is 11.3 Å². The molecule has 0 radical (unpaired) electrons. The van der Waals surface area contributed by atoms with Gasteiger partial charge in [0.25, 0.3) is 0 Å². The van der Waals surface area contributed by atoms with Crippen molar-refractivity contribution in [2.75, 3.05) is 0 Å². The quantitative estimate of drug-likeness (QED) is 0.300. The molecule has 2 aromatic carbocycles. The summed E-state index contributed by atoms with van der Waals surface area (Å²) < 4.78 is 0. The van der Waals surface area contributed by atoms with E-state index in [1.807, 2.05) is 74.2 Å². The molecule has 0 bridgehead atoms. The van der Waals surface area contributed by atoms with Gasteiger partial charge in [-0.05, 0) is 54.7 Å². The first kappa shape index (κ1) is 24.5. The first-order valence-corrected chi connectivity index (χ1v) is 11.9. The molecule has 3 nitrogen and oxygen atoms in total. The minimum absolute atomic E-state index is 0.00503. The number of allylic oxidation sites excluding steroid dienone is 1. The summed E-state index contributed by atoms with van der Waals surface area (Å²) in [6, 6.07) is 15.1. The Morgan fingerprint density at radius 1 is 1.16 bits per heavy atom. The first-order valence-electron chi connectivity index (χ1n) is 11.2. The minimum atomic E-state index is -0.617. The van der Waals surface area contributed by atoms with Crippen molar-refractivity contribution in [1.82, 2.24) is 4.90 Å². The molecule has 32 heavy (non-hydrogen) atoms. The summed E-state index contributed by atoms with van der Waals surface area (Å²) in [5.41, 5.74) is 1.47. The molecule has 2 aromatic rings. The molecule has 1 heterocycles. The molecule has 5 atom stereocenters. The highest BCUT2D eigenvalue weighted by molar-refractivity contribution is 6.30. The molecule has 0 N–H and O–H groups in total. The Morgan fingerprint density at radius 2 is 1.84 bits per heavy atom. The Morgan fingerprint density at radius 3 is 2.41 bits per heavy atom. The number of carbonyl (C=O) groups excluding carboxylic acids is 2. The predicted octanol–water partition coefficient (Wildman–Crippen LogP) is 7.25. The average Bonchev–Trinajstić information content (AvgIpc) is 2.77. The Hall–Kier alpha value is -2.10. The van der Waals surface area contributed by atoms with Crippen LogP contribution in [0, 0.1) is 11.3 Å². The highest BCUT2D eigenvalue weighted by Gasteiger charge is 2.51. The maximum absolute atomic E-state index is 14.1.